The Kier molecular flexibility index (Phi) is 4.93. The standard InChI is InChI=1S/C9H16O2/c1-4-6-9(11)8(5-2)7(3)10/h7-11H,5H2,1-3H3. The molecule has 2 nitrogen and oxygen atoms in total. The predicted molar refractivity (Wildman–Crippen MR) is 44.9 cm³/mol. The molecule has 0 spiro atoms. The molecule has 3 atom stereocenters. The zero-order chi connectivity index (χ0) is 8.85. The van der Waals surface area contributed by atoms with Crippen LogP contribution in [-0.2, 0) is 0 Å². The fraction of sp³-hybridized carbons (Fsp3) is 0.778. The molecule has 0 aromatic heterocycles. The van der Waals surface area contributed by atoms with E-state index in [4.69, 9.17) is 0 Å². The third-order valence-electron chi connectivity index (χ3n) is 1.79. The molecule has 0 aliphatic carbocycles. The summed E-state index contributed by atoms with van der Waals surface area (Å²) in [5.74, 6) is 5.13. The van der Waals surface area contributed by atoms with Crippen LogP contribution >= 0.6 is 0 Å². The van der Waals surface area contributed by atoms with E-state index in [9.17, 15) is 10.2 Å². The Labute approximate surface area is 68.2 Å². The SMILES string of the molecule is CC#CC(O)C(CC)C(C)O. The maximum Gasteiger partial charge on any atom is 0.119 e. The van der Waals surface area contributed by atoms with Crippen molar-refractivity contribution in [1.29, 1.82) is 0 Å². The normalized spacial score (nSPS) is 17.9. The minimum atomic E-state index is -0.690. The van der Waals surface area contributed by atoms with E-state index in [-0.39, 0.29) is 5.92 Å². The van der Waals surface area contributed by atoms with Crippen molar-refractivity contribution in [3.63, 3.8) is 0 Å². The van der Waals surface area contributed by atoms with Crippen molar-refractivity contribution in [3.8, 4) is 11.8 Å². The molecule has 0 radical (unpaired) electrons. The third-order valence-corrected chi connectivity index (χ3v) is 1.79. The first-order chi connectivity index (χ1) is 5.13. The number of rotatable bonds is 3. The van der Waals surface area contributed by atoms with E-state index < -0.39 is 12.2 Å². The highest BCUT2D eigenvalue weighted by atomic mass is 16.3. The molecule has 3 unspecified atom stereocenters. The van der Waals surface area contributed by atoms with Crippen molar-refractivity contribution in [2.24, 2.45) is 5.92 Å². The quantitative estimate of drug-likeness (QED) is 0.593. The van der Waals surface area contributed by atoms with Crippen LogP contribution in [0.5, 0.6) is 0 Å². The molecule has 0 fully saturated rings. The zero-order valence-electron chi connectivity index (χ0n) is 7.33. The summed E-state index contributed by atoms with van der Waals surface area (Å²) in [5, 5.41) is 18.5. The van der Waals surface area contributed by atoms with E-state index >= 15 is 0 Å². The van der Waals surface area contributed by atoms with Crippen molar-refractivity contribution in [2.75, 3.05) is 0 Å². The van der Waals surface area contributed by atoms with Crippen LogP contribution in [0.4, 0.5) is 0 Å². The summed E-state index contributed by atoms with van der Waals surface area (Å²) in [6.45, 7) is 5.28. The lowest BCUT2D eigenvalue weighted by Gasteiger charge is -2.19. The highest BCUT2D eigenvalue weighted by molar-refractivity contribution is 5.04. The minimum absolute atomic E-state index is 0.123. The van der Waals surface area contributed by atoms with Gasteiger partial charge in [-0.25, -0.2) is 0 Å². The van der Waals surface area contributed by atoms with E-state index in [1.54, 1.807) is 13.8 Å². The fourth-order valence-electron chi connectivity index (χ4n) is 1.08. The first kappa shape index (κ1) is 10.5. The van der Waals surface area contributed by atoms with Gasteiger partial charge in [-0.3, -0.25) is 0 Å². The largest absolute Gasteiger partial charge is 0.393 e. The van der Waals surface area contributed by atoms with Crippen LogP contribution in [0.3, 0.4) is 0 Å². The first-order valence-corrected chi connectivity index (χ1v) is 3.91. The van der Waals surface area contributed by atoms with Crippen molar-refractivity contribution in [2.45, 2.75) is 39.4 Å². The molecule has 0 aromatic rings. The summed E-state index contributed by atoms with van der Waals surface area (Å²) in [6.07, 6.45) is -0.436. The zero-order valence-corrected chi connectivity index (χ0v) is 7.33. The Morgan fingerprint density at radius 1 is 1.36 bits per heavy atom. The van der Waals surface area contributed by atoms with Gasteiger partial charge in [0.15, 0.2) is 0 Å². The topological polar surface area (TPSA) is 40.5 Å². The van der Waals surface area contributed by atoms with E-state index in [2.05, 4.69) is 11.8 Å². The average Bonchev–Trinajstić information content (AvgIpc) is 1.88. The second-order valence-electron chi connectivity index (χ2n) is 2.65. The summed E-state index contributed by atoms with van der Waals surface area (Å²) in [5.41, 5.74) is 0. The second-order valence-corrected chi connectivity index (χ2v) is 2.65. The molecule has 0 aromatic carbocycles. The van der Waals surface area contributed by atoms with E-state index in [1.807, 2.05) is 6.92 Å². The van der Waals surface area contributed by atoms with Gasteiger partial charge in [-0.15, -0.1) is 5.92 Å². The smallest absolute Gasteiger partial charge is 0.119 e. The number of aliphatic hydroxyl groups is 2. The van der Waals surface area contributed by atoms with Gasteiger partial charge >= 0.3 is 0 Å². The molecule has 2 N–H and O–H groups in total. The molecule has 2 heteroatoms. The van der Waals surface area contributed by atoms with Gasteiger partial charge in [-0.05, 0) is 20.3 Å². The number of aliphatic hydroxyl groups excluding tert-OH is 2. The molecule has 0 saturated heterocycles. The van der Waals surface area contributed by atoms with Gasteiger partial charge in [0.1, 0.15) is 6.10 Å². The molecule has 64 valence electrons. The Bertz CT molecular complexity index is 153. The average molecular weight is 156 g/mol. The lowest BCUT2D eigenvalue weighted by Crippen LogP contribution is -2.28. The van der Waals surface area contributed by atoms with Gasteiger partial charge in [0.05, 0.1) is 6.10 Å². The Morgan fingerprint density at radius 3 is 2.18 bits per heavy atom. The number of hydrogen-bond acceptors (Lipinski definition) is 2. The summed E-state index contributed by atoms with van der Waals surface area (Å²) in [7, 11) is 0. The van der Waals surface area contributed by atoms with Crippen molar-refractivity contribution in [1.82, 2.24) is 0 Å². The molecule has 0 bridgehead atoms. The fourth-order valence-corrected chi connectivity index (χ4v) is 1.08. The van der Waals surface area contributed by atoms with E-state index in [0.717, 1.165) is 6.42 Å². The van der Waals surface area contributed by atoms with Gasteiger partial charge in [0, 0.05) is 5.92 Å². The van der Waals surface area contributed by atoms with Crippen LogP contribution in [0.2, 0.25) is 0 Å². The monoisotopic (exact) mass is 156 g/mol. The van der Waals surface area contributed by atoms with Crippen LogP contribution in [0.1, 0.15) is 27.2 Å². The van der Waals surface area contributed by atoms with Gasteiger partial charge in [0.2, 0.25) is 0 Å². The van der Waals surface area contributed by atoms with Gasteiger partial charge in [-0.1, -0.05) is 12.8 Å². The van der Waals surface area contributed by atoms with Gasteiger partial charge in [0.25, 0.3) is 0 Å². The molecule has 0 saturated carbocycles. The Morgan fingerprint density at radius 2 is 1.91 bits per heavy atom. The molecule has 0 aliphatic rings. The molecule has 11 heavy (non-hydrogen) atoms. The summed E-state index contributed by atoms with van der Waals surface area (Å²) in [4.78, 5) is 0. The molecule has 0 rings (SSSR count). The summed E-state index contributed by atoms with van der Waals surface area (Å²) < 4.78 is 0. The van der Waals surface area contributed by atoms with Crippen molar-refractivity contribution < 1.29 is 10.2 Å². The predicted octanol–water partition coefficient (Wildman–Crippen LogP) is 0.778. The van der Waals surface area contributed by atoms with Crippen molar-refractivity contribution >= 4 is 0 Å². The lowest BCUT2D eigenvalue weighted by atomic mass is 9.94. The molecular formula is C9H16O2. The Hall–Kier alpha value is -0.520. The van der Waals surface area contributed by atoms with Crippen LogP contribution in [0.15, 0.2) is 0 Å². The Balaban J connectivity index is 4.09. The van der Waals surface area contributed by atoms with E-state index in [0.29, 0.717) is 0 Å². The van der Waals surface area contributed by atoms with Crippen LogP contribution in [0.25, 0.3) is 0 Å². The van der Waals surface area contributed by atoms with Crippen molar-refractivity contribution in [3.05, 3.63) is 0 Å². The molecule has 0 heterocycles. The summed E-state index contributed by atoms with van der Waals surface area (Å²) in [6, 6.07) is 0. The molecular weight excluding hydrogens is 140 g/mol. The number of hydrogen-bond donors (Lipinski definition) is 2. The van der Waals surface area contributed by atoms with Crippen LogP contribution < -0.4 is 0 Å². The summed E-state index contributed by atoms with van der Waals surface area (Å²) >= 11 is 0. The first-order valence-electron chi connectivity index (χ1n) is 3.91. The van der Waals surface area contributed by atoms with E-state index in [1.165, 1.54) is 0 Å². The second kappa shape index (κ2) is 5.17. The van der Waals surface area contributed by atoms with Crippen LogP contribution in [0, 0.1) is 17.8 Å². The van der Waals surface area contributed by atoms with Crippen LogP contribution in [-0.4, -0.2) is 22.4 Å². The van der Waals surface area contributed by atoms with Gasteiger partial charge < -0.3 is 10.2 Å². The molecule has 0 aliphatic heterocycles. The third kappa shape index (κ3) is 3.41. The molecule has 0 amide bonds. The lowest BCUT2D eigenvalue weighted by molar-refractivity contribution is 0.0486. The highest BCUT2D eigenvalue weighted by Crippen LogP contribution is 2.12. The maximum atomic E-state index is 9.35. The minimum Gasteiger partial charge on any atom is -0.393 e. The maximum absolute atomic E-state index is 9.35. The van der Waals surface area contributed by atoms with Gasteiger partial charge in [-0.2, -0.15) is 0 Å². The highest BCUT2D eigenvalue weighted by Gasteiger charge is 2.19.